The topological polar surface area (TPSA) is 186 Å². The number of aliphatic carboxylic acids is 2. The number of rotatable bonds is 2. The molecule has 0 heterocycles. The maximum absolute atomic E-state index is 9.55. The molecule has 0 aromatic heterocycles. The van der Waals surface area contributed by atoms with Crippen LogP contribution in [0.1, 0.15) is 0 Å². The highest BCUT2D eigenvalue weighted by molar-refractivity contribution is 7.79. The van der Waals surface area contributed by atoms with E-state index in [-0.39, 0.29) is 6.47 Å². The third-order valence-electron chi connectivity index (χ3n) is 0.368. The summed E-state index contributed by atoms with van der Waals surface area (Å²) in [6, 6.07) is 0. The van der Waals surface area contributed by atoms with Gasteiger partial charge in [0.05, 0.1) is 0 Å². The number of carbonyl (C=O) groups is 3. The average molecular weight is 260 g/mol. The number of carboxylic acid groups (broad SMARTS) is 3. The molecule has 0 radical (unpaired) electrons. The minimum absolute atomic E-state index is 0.250. The first-order valence-corrected chi connectivity index (χ1v) is 4.36. The fourth-order valence-corrected chi connectivity index (χ4v) is 0.143. The Balaban J connectivity index is -0.000000181. The van der Waals surface area contributed by atoms with Gasteiger partial charge in [0.2, 0.25) is 0 Å². The lowest BCUT2D eigenvalue weighted by Gasteiger charge is -1.74. The molecule has 0 atom stereocenters. The van der Waals surface area contributed by atoms with Gasteiger partial charge in [-0.1, -0.05) is 0 Å². The minimum Gasteiger partial charge on any atom is -0.483 e. The highest BCUT2D eigenvalue weighted by Gasteiger charge is 1.88. The van der Waals surface area contributed by atoms with Gasteiger partial charge in [-0.3, -0.25) is 13.9 Å². The largest absolute Gasteiger partial charge is 0.483 e. The molecule has 0 spiro atoms. The third kappa shape index (κ3) is 160. The van der Waals surface area contributed by atoms with E-state index in [4.69, 9.17) is 37.6 Å². The fourth-order valence-electron chi connectivity index (χ4n) is 0.143. The molecular weight excluding hydrogens is 252 g/mol. The molecule has 0 fully saturated rings. The van der Waals surface area contributed by atoms with Crippen LogP contribution in [0.3, 0.4) is 0 Å². The molecule has 0 aromatic rings. The molecule has 0 aromatic carbocycles. The summed E-state index contributed by atoms with van der Waals surface area (Å²) < 4.78 is 31.6. The van der Waals surface area contributed by atoms with Gasteiger partial charge in [-0.25, -0.2) is 9.59 Å². The van der Waals surface area contributed by atoms with E-state index in [2.05, 4.69) is 0 Å². The Labute approximate surface area is 89.0 Å². The second kappa shape index (κ2) is 11.1. The molecule has 0 aliphatic heterocycles. The summed E-state index contributed by atoms with van der Waals surface area (Å²) in [5.74, 6) is -2.51. The van der Waals surface area contributed by atoms with Gasteiger partial charge in [-0.15, -0.1) is 0 Å². The summed E-state index contributed by atoms with van der Waals surface area (Å²) in [7, 11) is -4.67. The lowest BCUT2D eigenvalue weighted by molar-refractivity contribution is -0.134. The summed E-state index contributed by atoms with van der Waals surface area (Å²) in [5.41, 5.74) is 0. The number of carboxylic acids is 2. The highest BCUT2D eigenvalue weighted by atomic mass is 32.3. The van der Waals surface area contributed by atoms with Crippen molar-refractivity contribution in [3.63, 3.8) is 0 Å². The first-order valence-electron chi connectivity index (χ1n) is 2.96. The molecule has 0 unspecified atom stereocenters. The highest BCUT2D eigenvalue weighted by Crippen LogP contribution is 1.70. The Hall–Kier alpha value is -1.98. The monoisotopic (exact) mass is 260 g/mol. The molecule has 0 bridgehead atoms. The van der Waals surface area contributed by atoms with Gasteiger partial charge in [0.1, 0.15) is 0 Å². The maximum Gasteiger partial charge on any atom is 0.394 e. The van der Waals surface area contributed by atoms with Gasteiger partial charge in [-0.2, -0.15) is 8.42 Å². The summed E-state index contributed by atoms with van der Waals surface area (Å²) in [6.45, 7) is -0.250. The van der Waals surface area contributed by atoms with Crippen LogP contribution in [0.2, 0.25) is 0 Å². The molecule has 5 N–H and O–H groups in total. The summed E-state index contributed by atoms with van der Waals surface area (Å²) >= 11 is 0. The van der Waals surface area contributed by atoms with Gasteiger partial charge in [0.15, 0.2) is 0 Å². The zero-order chi connectivity index (χ0) is 13.8. The SMILES string of the molecule is O=C(O)/C=C\C(=O)O.O=CO.O=S(=O)(O)O. The van der Waals surface area contributed by atoms with E-state index in [0.717, 1.165) is 0 Å². The fraction of sp³-hybridized carbons (Fsp3) is 0. The molecule has 11 heteroatoms. The first kappa shape index (κ1) is 19.6. The van der Waals surface area contributed by atoms with Gasteiger partial charge in [0.25, 0.3) is 6.47 Å². The van der Waals surface area contributed by atoms with Gasteiger partial charge in [0, 0.05) is 12.2 Å². The lowest BCUT2D eigenvalue weighted by Crippen LogP contribution is -1.91. The smallest absolute Gasteiger partial charge is 0.394 e. The maximum atomic E-state index is 9.55. The average Bonchev–Trinajstić information content (AvgIpc) is 1.99. The van der Waals surface area contributed by atoms with Crippen LogP contribution in [0.15, 0.2) is 12.2 Å². The van der Waals surface area contributed by atoms with Gasteiger partial charge < -0.3 is 15.3 Å². The van der Waals surface area contributed by atoms with Crippen molar-refractivity contribution in [3.05, 3.63) is 12.2 Å². The van der Waals surface area contributed by atoms with Crippen molar-refractivity contribution in [2.75, 3.05) is 0 Å². The van der Waals surface area contributed by atoms with Crippen LogP contribution in [0, 0.1) is 0 Å². The normalized spacial score (nSPS) is 9.12. The van der Waals surface area contributed by atoms with Gasteiger partial charge >= 0.3 is 22.3 Å². The molecule has 0 aliphatic rings. The van der Waals surface area contributed by atoms with Crippen molar-refractivity contribution < 1.29 is 47.2 Å². The van der Waals surface area contributed by atoms with E-state index >= 15 is 0 Å². The van der Waals surface area contributed by atoms with Crippen LogP contribution in [0.25, 0.3) is 0 Å². The van der Waals surface area contributed by atoms with Crippen molar-refractivity contribution >= 4 is 28.8 Å². The zero-order valence-corrected chi connectivity index (χ0v) is 8.23. The third-order valence-corrected chi connectivity index (χ3v) is 0.368. The molecule has 94 valence electrons. The summed E-state index contributed by atoms with van der Waals surface area (Å²) in [4.78, 5) is 27.5. The quantitative estimate of drug-likeness (QED) is 0.228. The number of hydrogen-bond acceptors (Lipinski definition) is 5. The predicted octanol–water partition coefficient (Wildman–Crippen LogP) is -1.24. The summed E-state index contributed by atoms with van der Waals surface area (Å²) in [6.07, 6.45) is 1.12. The Morgan fingerprint density at radius 2 is 1.06 bits per heavy atom. The van der Waals surface area contributed by atoms with Crippen molar-refractivity contribution in [2.45, 2.75) is 0 Å². The molecule has 0 rings (SSSR count). The second-order valence-electron chi connectivity index (χ2n) is 1.56. The zero-order valence-electron chi connectivity index (χ0n) is 7.42. The van der Waals surface area contributed by atoms with Crippen LogP contribution in [-0.2, 0) is 24.8 Å². The van der Waals surface area contributed by atoms with E-state index in [1.807, 2.05) is 0 Å². The Morgan fingerprint density at radius 3 is 1.12 bits per heavy atom. The molecule has 0 amide bonds. The Morgan fingerprint density at radius 1 is 0.938 bits per heavy atom. The van der Waals surface area contributed by atoms with E-state index in [1.165, 1.54) is 0 Å². The van der Waals surface area contributed by atoms with E-state index in [1.54, 1.807) is 0 Å². The Bertz CT molecular complexity index is 314. The van der Waals surface area contributed by atoms with Crippen molar-refractivity contribution in [1.29, 1.82) is 0 Å². The molecule has 0 aliphatic carbocycles. The summed E-state index contributed by atoms with van der Waals surface area (Å²) in [5, 5.41) is 22.5. The van der Waals surface area contributed by atoms with Crippen LogP contribution >= 0.6 is 0 Å². The Kier molecular flexibility index (Phi) is 13.6. The van der Waals surface area contributed by atoms with Crippen molar-refractivity contribution in [2.24, 2.45) is 0 Å². The number of hydrogen-bond donors (Lipinski definition) is 5. The molecule has 0 saturated heterocycles. The van der Waals surface area contributed by atoms with Crippen molar-refractivity contribution in [3.8, 4) is 0 Å². The van der Waals surface area contributed by atoms with Crippen LogP contribution in [0.5, 0.6) is 0 Å². The van der Waals surface area contributed by atoms with E-state index in [0.29, 0.717) is 12.2 Å². The molecule has 0 saturated carbocycles. The first-order chi connectivity index (χ1) is 7.04. The molecular formula is C5H8O10S. The van der Waals surface area contributed by atoms with Crippen molar-refractivity contribution in [1.82, 2.24) is 0 Å². The molecule has 16 heavy (non-hydrogen) atoms. The van der Waals surface area contributed by atoms with Crippen LogP contribution in [0.4, 0.5) is 0 Å². The molecule has 10 nitrogen and oxygen atoms in total. The predicted molar refractivity (Wildman–Crippen MR) is 47.3 cm³/mol. The van der Waals surface area contributed by atoms with E-state index < -0.39 is 22.3 Å². The van der Waals surface area contributed by atoms with Crippen LogP contribution < -0.4 is 0 Å². The van der Waals surface area contributed by atoms with Crippen LogP contribution in [-0.4, -0.2) is 51.3 Å². The standard InChI is InChI=1S/C4H4O4.CH2O2.H2O4S/c5-3(6)1-2-4(7)8;2-1-3;1-5(2,3)4/h1-2H,(H,5,6)(H,7,8);1H,(H,2,3);(H2,1,2,3,4)/b2-1-;;. The lowest BCUT2D eigenvalue weighted by atomic mass is 10.5. The minimum atomic E-state index is -4.67. The second-order valence-corrected chi connectivity index (χ2v) is 2.46. The van der Waals surface area contributed by atoms with E-state index in [9.17, 15) is 9.59 Å². The van der Waals surface area contributed by atoms with Gasteiger partial charge in [-0.05, 0) is 0 Å².